The Balaban J connectivity index is 0.000000227. The molecular formula is C57H71BrN3+. The molecule has 0 heterocycles. The fourth-order valence-electron chi connectivity index (χ4n) is 6.94. The van der Waals surface area contributed by atoms with E-state index in [-0.39, 0.29) is 0 Å². The number of unbranched alkanes of at least 4 members (excludes halogenated alkanes) is 1. The molecule has 0 unspecified atom stereocenters. The molecule has 61 heavy (non-hydrogen) atoms. The van der Waals surface area contributed by atoms with E-state index in [2.05, 4.69) is 186 Å². The first-order chi connectivity index (χ1) is 30.1. The molecule has 0 aliphatic carbocycles. The number of alkyl halides is 1. The van der Waals surface area contributed by atoms with E-state index in [0.717, 1.165) is 94.5 Å². The topological polar surface area (TPSA) is 73.7 Å². The Labute approximate surface area is 378 Å². The Kier molecular flexibility index (Phi) is 28.5. The maximum atomic E-state index is 8.02. The molecule has 4 N–H and O–H groups in total. The number of aryl methyl sites for hydroxylation is 6. The van der Waals surface area contributed by atoms with Crippen LogP contribution in [-0.4, -0.2) is 17.1 Å². The van der Waals surface area contributed by atoms with Crippen LogP contribution in [0.5, 0.6) is 0 Å². The van der Waals surface area contributed by atoms with Crippen molar-refractivity contribution < 1.29 is 5.26 Å². The molecule has 0 spiro atoms. The highest BCUT2D eigenvalue weighted by Gasteiger charge is 2.04. The van der Waals surface area contributed by atoms with Crippen molar-refractivity contribution in [3.8, 4) is 6.07 Å². The predicted octanol–water partition coefficient (Wildman–Crippen LogP) is 13.2. The van der Waals surface area contributed by atoms with E-state index >= 15 is 0 Å². The zero-order chi connectivity index (χ0) is 43.3. The third kappa shape index (κ3) is 26.7. The molecule has 0 aliphatic heterocycles. The van der Waals surface area contributed by atoms with Crippen LogP contribution in [0.2, 0.25) is 0 Å². The van der Waals surface area contributed by atoms with Crippen molar-refractivity contribution in [1.29, 1.82) is 5.41 Å². The maximum Gasteiger partial charge on any atom is 0.270 e. The first-order valence-corrected chi connectivity index (χ1v) is 23.7. The summed E-state index contributed by atoms with van der Waals surface area (Å²) < 4.78 is 0. The van der Waals surface area contributed by atoms with Gasteiger partial charge in [0, 0.05) is 17.1 Å². The van der Waals surface area contributed by atoms with E-state index in [1.165, 1.54) is 59.1 Å². The van der Waals surface area contributed by atoms with E-state index < -0.39 is 0 Å². The van der Waals surface area contributed by atoms with Crippen LogP contribution in [0.1, 0.15) is 104 Å². The van der Waals surface area contributed by atoms with E-state index in [9.17, 15) is 0 Å². The second-order valence-electron chi connectivity index (χ2n) is 15.6. The van der Waals surface area contributed by atoms with Crippen LogP contribution in [0, 0.1) is 11.5 Å². The standard InChI is InChI=1S/C19H25N.C19H23N.C10H11N.C9H11Br/c2*20-19(15-7-13-17-9-3-1-4-10-17)16-8-14-18-11-5-2-6-12-18;11-9-5-4-8-10-6-2-1-3-7-10;10-8-4-7-9-5-2-1-3-6-9/h1-6,9-12,19H,7-8,13-16,20H2;1-6,9-12,20H,7-8,13-16H2;1-3,6-7H,4-5,8H2;1-3,5-6H,4,7-8H2/p+1. The van der Waals surface area contributed by atoms with Gasteiger partial charge in [0.2, 0.25) is 0 Å². The van der Waals surface area contributed by atoms with E-state index in [1.54, 1.807) is 0 Å². The van der Waals surface area contributed by atoms with Crippen LogP contribution >= 0.6 is 15.9 Å². The van der Waals surface area contributed by atoms with Crippen LogP contribution < -0.4 is 11.0 Å². The van der Waals surface area contributed by atoms with E-state index in [1.807, 2.05) is 18.2 Å². The zero-order valence-electron chi connectivity index (χ0n) is 36.6. The Bertz CT molecular complexity index is 1840. The van der Waals surface area contributed by atoms with Crippen LogP contribution in [-0.2, 0) is 38.5 Å². The average molecular weight is 878 g/mol. The van der Waals surface area contributed by atoms with Gasteiger partial charge in [-0.3, -0.25) is 0 Å². The summed E-state index contributed by atoms with van der Waals surface area (Å²) in [6.07, 6.45) is 18.4. The summed E-state index contributed by atoms with van der Waals surface area (Å²) in [7, 11) is 0. The molecule has 0 saturated heterocycles. The summed E-state index contributed by atoms with van der Waals surface area (Å²) in [6.45, 7) is 0. The Hall–Kier alpha value is -5.08. The van der Waals surface area contributed by atoms with Gasteiger partial charge in [0.25, 0.3) is 6.07 Å². The molecule has 4 heteroatoms. The minimum atomic E-state index is 0.349. The number of halogens is 1. The third-order valence-corrected chi connectivity index (χ3v) is 11.0. The maximum absolute atomic E-state index is 8.02. The van der Waals surface area contributed by atoms with Crippen molar-refractivity contribution in [3.63, 3.8) is 0 Å². The van der Waals surface area contributed by atoms with Gasteiger partial charge < -0.3 is 11.1 Å². The second-order valence-corrected chi connectivity index (χ2v) is 16.4. The van der Waals surface area contributed by atoms with Crippen molar-refractivity contribution >= 4 is 21.6 Å². The molecule has 0 saturated carbocycles. The molecule has 6 aromatic carbocycles. The van der Waals surface area contributed by atoms with Gasteiger partial charge in [-0.15, -0.1) is 5.26 Å². The van der Waals surface area contributed by atoms with Gasteiger partial charge in [-0.25, -0.2) is 0 Å². The largest absolute Gasteiger partial charge is 0.328 e. The lowest BCUT2D eigenvalue weighted by Crippen LogP contribution is -2.20. The molecule has 0 fully saturated rings. The molecule has 6 aromatic rings. The van der Waals surface area contributed by atoms with E-state index in [4.69, 9.17) is 16.4 Å². The lowest BCUT2D eigenvalue weighted by atomic mass is 10.00. The number of rotatable bonds is 22. The lowest BCUT2D eigenvalue weighted by Gasteiger charge is -2.11. The summed E-state index contributed by atoms with van der Waals surface area (Å²) >= 11 is 3.41. The van der Waals surface area contributed by atoms with Gasteiger partial charge in [0.15, 0.2) is 0 Å². The zero-order valence-corrected chi connectivity index (χ0v) is 38.2. The SMILES string of the molecule is BrCCCc1ccccc1.N=C(CCCc1ccccc1)CCCc1ccccc1.NC(CCCc1ccccc1)CCCc1ccccc1.[NH+]#CCCCc1ccccc1. The smallest absolute Gasteiger partial charge is 0.270 e. The van der Waals surface area contributed by atoms with Crippen molar-refractivity contribution in [2.75, 3.05) is 5.33 Å². The second kappa shape index (κ2) is 34.6. The van der Waals surface area contributed by atoms with Gasteiger partial charge in [0.1, 0.15) is 0 Å². The minimum Gasteiger partial charge on any atom is -0.328 e. The van der Waals surface area contributed by atoms with Crippen LogP contribution in [0.15, 0.2) is 182 Å². The third-order valence-electron chi connectivity index (χ3n) is 10.4. The van der Waals surface area contributed by atoms with Crippen LogP contribution in [0.25, 0.3) is 0 Å². The van der Waals surface area contributed by atoms with E-state index in [0.29, 0.717) is 6.04 Å². The molecule has 0 amide bonds. The monoisotopic (exact) mass is 876 g/mol. The average Bonchev–Trinajstić information content (AvgIpc) is 3.31. The highest BCUT2D eigenvalue weighted by Crippen LogP contribution is 2.12. The summed E-state index contributed by atoms with van der Waals surface area (Å²) in [4.78, 5) is 0. The normalized spacial score (nSPS) is 10.2. The molecule has 0 atom stereocenters. The molecule has 0 bridgehead atoms. The van der Waals surface area contributed by atoms with Gasteiger partial charge in [0.05, 0.1) is 6.42 Å². The first-order valence-electron chi connectivity index (χ1n) is 22.6. The fourth-order valence-corrected chi connectivity index (χ4v) is 7.22. The van der Waals surface area contributed by atoms with Crippen molar-refractivity contribution in [3.05, 3.63) is 215 Å². The van der Waals surface area contributed by atoms with Crippen molar-refractivity contribution in [1.82, 2.24) is 0 Å². The summed E-state index contributed by atoms with van der Waals surface area (Å²) in [5, 5.41) is 15.8. The summed E-state index contributed by atoms with van der Waals surface area (Å²) in [6, 6.07) is 66.1. The first kappa shape index (κ1) is 50.3. The number of benzene rings is 6. The molecular weight excluding hydrogens is 807 g/mol. The molecule has 0 aromatic heterocycles. The molecule has 0 radical (unpaired) electrons. The molecule has 3 nitrogen and oxygen atoms in total. The predicted molar refractivity (Wildman–Crippen MR) is 266 cm³/mol. The molecule has 0 aliphatic rings. The van der Waals surface area contributed by atoms with Crippen LogP contribution in [0.4, 0.5) is 0 Å². The van der Waals surface area contributed by atoms with Gasteiger partial charge >= 0.3 is 0 Å². The van der Waals surface area contributed by atoms with Gasteiger partial charge in [-0.05, 0) is 136 Å². The Morgan fingerprint density at radius 3 is 0.967 bits per heavy atom. The number of nitrogens with one attached hydrogen (secondary N) is 2. The highest BCUT2D eigenvalue weighted by molar-refractivity contribution is 9.09. The number of hydrogen-bond acceptors (Lipinski definition) is 2. The fraction of sp³-hybridized carbons (Fsp3) is 0.333. The number of hydrogen-bond donors (Lipinski definition) is 3. The van der Waals surface area contributed by atoms with Crippen molar-refractivity contribution in [2.45, 2.75) is 115 Å². The minimum absolute atomic E-state index is 0.349. The molecule has 320 valence electrons. The highest BCUT2D eigenvalue weighted by atomic mass is 79.9. The van der Waals surface area contributed by atoms with Gasteiger partial charge in [-0.2, -0.15) is 0 Å². The van der Waals surface area contributed by atoms with Crippen molar-refractivity contribution in [2.24, 2.45) is 5.73 Å². The Morgan fingerprint density at radius 2 is 0.689 bits per heavy atom. The summed E-state index contributed by atoms with van der Waals surface area (Å²) in [5.74, 6) is 0. The Morgan fingerprint density at radius 1 is 0.426 bits per heavy atom. The molecule has 6 rings (SSSR count). The summed E-state index contributed by atoms with van der Waals surface area (Å²) in [5.41, 5.74) is 15.5. The lowest BCUT2D eigenvalue weighted by molar-refractivity contribution is -0.0947. The van der Waals surface area contributed by atoms with Crippen LogP contribution in [0.3, 0.4) is 0 Å². The number of nitrogens with two attached hydrogens (primary N) is 1. The van der Waals surface area contributed by atoms with Gasteiger partial charge in [-0.1, -0.05) is 198 Å². The quantitative estimate of drug-likeness (QED) is 0.0355.